The summed E-state index contributed by atoms with van der Waals surface area (Å²) in [6.07, 6.45) is 7.44. The summed E-state index contributed by atoms with van der Waals surface area (Å²) < 4.78 is 0. The number of carbonyl (C=O) groups is 1. The second-order valence-electron chi connectivity index (χ2n) is 9.22. The molecule has 1 saturated carbocycles. The van der Waals surface area contributed by atoms with Gasteiger partial charge in [-0.15, -0.1) is 0 Å². The lowest BCUT2D eigenvalue weighted by molar-refractivity contribution is -0.123. The van der Waals surface area contributed by atoms with Gasteiger partial charge in [-0.05, 0) is 55.2 Å². The van der Waals surface area contributed by atoms with Gasteiger partial charge in [-0.1, -0.05) is 30.7 Å². The fourth-order valence-electron chi connectivity index (χ4n) is 5.24. The molecule has 3 fully saturated rings. The topological polar surface area (TPSA) is 74.0 Å². The van der Waals surface area contributed by atoms with Crippen molar-refractivity contribution in [3.8, 4) is 0 Å². The minimum atomic E-state index is -0.162. The van der Waals surface area contributed by atoms with Crippen LogP contribution >= 0.6 is 0 Å². The molecule has 6 nitrogen and oxygen atoms in total. The number of primary amides is 1. The Bertz CT molecular complexity index is 757. The first-order chi connectivity index (χ1) is 14.1. The van der Waals surface area contributed by atoms with Crippen LogP contribution in [-0.2, 0) is 17.9 Å². The summed E-state index contributed by atoms with van der Waals surface area (Å²) in [6, 6.07) is 8.74. The first-order valence-corrected chi connectivity index (χ1v) is 11.1. The molecule has 2 heterocycles. The predicted molar refractivity (Wildman–Crippen MR) is 116 cm³/mol. The second-order valence-corrected chi connectivity index (χ2v) is 9.22. The molecule has 4 rings (SSSR count). The third kappa shape index (κ3) is 4.74. The van der Waals surface area contributed by atoms with E-state index in [1.54, 1.807) is 0 Å². The number of benzene rings is 1. The number of aliphatic imine (C=N–C) groups is 1. The van der Waals surface area contributed by atoms with Gasteiger partial charge in [0, 0.05) is 39.8 Å². The third-order valence-corrected chi connectivity index (χ3v) is 7.12. The Morgan fingerprint density at radius 3 is 2.76 bits per heavy atom. The summed E-state index contributed by atoms with van der Waals surface area (Å²) in [5.41, 5.74) is 8.66. The molecule has 1 amide bonds. The van der Waals surface area contributed by atoms with Crippen LogP contribution in [0.4, 0.5) is 0 Å². The summed E-state index contributed by atoms with van der Waals surface area (Å²) in [4.78, 5) is 20.8. The zero-order valence-corrected chi connectivity index (χ0v) is 17.7. The average molecular weight is 398 g/mol. The van der Waals surface area contributed by atoms with Crippen LogP contribution in [0.15, 0.2) is 29.3 Å². The average Bonchev–Trinajstić information content (AvgIpc) is 3.15. The standard InChI is InChI=1S/C23H35N5O/c1-25-22(28-12-10-23(17-28)8-4-9-23)26-14-18-5-2-6-19(13-18)15-27-11-3-7-20(16-27)21(24)29/h2,5-6,13,20H,3-4,7-12,14-17H2,1H3,(H2,24,29)(H,25,26). The number of amides is 1. The Morgan fingerprint density at radius 1 is 1.24 bits per heavy atom. The lowest BCUT2D eigenvalue weighted by atomic mass is 9.68. The van der Waals surface area contributed by atoms with E-state index in [4.69, 9.17) is 5.73 Å². The quantitative estimate of drug-likeness (QED) is 0.591. The highest BCUT2D eigenvalue weighted by atomic mass is 16.1. The van der Waals surface area contributed by atoms with Crippen LogP contribution in [0, 0.1) is 11.3 Å². The Hall–Kier alpha value is -2.08. The van der Waals surface area contributed by atoms with E-state index in [-0.39, 0.29) is 11.8 Å². The van der Waals surface area contributed by atoms with E-state index in [1.165, 1.54) is 36.8 Å². The molecule has 3 aliphatic rings. The van der Waals surface area contributed by atoms with Gasteiger partial charge < -0.3 is 16.0 Å². The summed E-state index contributed by atoms with van der Waals surface area (Å²) in [6.45, 7) is 5.75. The normalized spacial score (nSPS) is 24.5. The molecule has 6 heteroatoms. The van der Waals surface area contributed by atoms with Crippen molar-refractivity contribution in [3.05, 3.63) is 35.4 Å². The fourth-order valence-corrected chi connectivity index (χ4v) is 5.24. The Morgan fingerprint density at radius 2 is 2.07 bits per heavy atom. The monoisotopic (exact) mass is 397 g/mol. The number of rotatable bonds is 5. The Kier molecular flexibility index (Phi) is 6.09. The molecule has 1 aromatic rings. The summed E-state index contributed by atoms with van der Waals surface area (Å²) in [7, 11) is 1.88. The van der Waals surface area contributed by atoms with Gasteiger partial charge in [0.25, 0.3) is 0 Å². The van der Waals surface area contributed by atoms with E-state index in [0.29, 0.717) is 5.41 Å². The number of piperidine rings is 1. The largest absolute Gasteiger partial charge is 0.369 e. The first-order valence-electron chi connectivity index (χ1n) is 11.1. The highest BCUT2D eigenvalue weighted by Crippen LogP contribution is 2.47. The van der Waals surface area contributed by atoms with Crippen molar-refractivity contribution in [2.24, 2.45) is 22.1 Å². The lowest BCUT2D eigenvalue weighted by Gasteiger charge is -2.38. The molecule has 1 unspecified atom stereocenters. The number of guanidine groups is 1. The molecule has 0 aromatic heterocycles. The summed E-state index contributed by atoms with van der Waals surface area (Å²) >= 11 is 0. The second kappa shape index (κ2) is 8.74. The Balaban J connectivity index is 1.31. The van der Waals surface area contributed by atoms with Gasteiger partial charge >= 0.3 is 0 Å². The number of carbonyl (C=O) groups excluding carboxylic acids is 1. The van der Waals surface area contributed by atoms with Crippen molar-refractivity contribution in [1.82, 2.24) is 15.1 Å². The van der Waals surface area contributed by atoms with Crippen molar-refractivity contribution in [2.75, 3.05) is 33.2 Å². The number of hydrogen-bond acceptors (Lipinski definition) is 3. The van der Waals surface area contributed by atoms with Crippen molar-refractivity contribution < 1.29 is 4.79 Å². The first kappa shape index (κ1) is 20.2. The maximum absolute atomic E-state index is 11.5. The number of nitrogens with two attached hydrogens (primary N) is 1. The predicted octanol–water partition coefficient (Wildman–Crippen LogP) is 2.34. The van der Waals surface area contributed by atoms with Gasteiger partial charge in [-0.3, -0.25) is 14.7 Å². The molecule has 158 valence electrons. The molecule has 1 aliphatic carbocycles. The van der Waals surface area contributed by atoms with E-state index in [0.717, 1.165) is 58.1 Å². The van der Waals surface area contributed by atoms with Gasteiger partial charge in [-0.2, -0.15) is 0 Å². The van der Waals surface area contributed by atoms with E-state index in [1.807, 2.05) is 7.05 Å². The van der Waals surface area contributed by atoms with Gasteiger partial charge in [-0.25, -0.2) is 0 Å². The zero-order valence-electron chi connectivity index (χ0n) is 17.7. The summed E-state index contributed by atoms with van der Waals surface area (Å²) in [5, 5.41) is 3.57. The van der Waals surface area contributed by atoms with Crippen LogP contribution in [0.3, 0.4) is 0 Å². The molecule has 2 saturated heterocycles. The number of nitrogens with zero attached hydrogens (tertiary/aromatic N) is 3. The van der Waals surface area contributed by atoms with Gasteiger partial charge in [0.1, 0.15) is 0 Å². The van der Waals surface area contributed by atoms with Gasteiger partial charge in [0.2, 0.25) is 5.91 Å². The maximum Gasteiger partial charge on any atom is 0.221 e. The minimum absolute atomic E-state index is 0.00338. The smallest absolute Gasteiger partial charge is 0.221 e. The molecule has 1 atom stereocenters. The van der Waals surface area contributed by atoms with Crippen LogP contribution in [0.5, 0.6) is 0 Å². The van der Waals surface area contributed by atoms with Crippen molar-refractivity contribution in [1.29, 1.82) is 0 Å². The molecule has 29 heavy (non-hydrogen) atoms. The van der Waals surface area contributed by atoms with Crippen molar-refractivity contribution in [2.45, 2.75) is 51.6 Å². The molecule has 1 aromatic carbocycles. The van der Waals surface area contributed by atoms with Crippen LogP contribution < -0.4 is 11.1 Å². The molecule has 2 aliphatic heterocycles. The highest BCUT2D eigenvalue weighted by Gasteiger charge is 2.43. The molecule has 0 radical (unpaired) electrons. The SMILES string of the molecule is CN=C(NCc1cccc(CN2CCCC(C(N)=O)C2)c1)N1CCC2(CCC2)C1. The lowest BCUT2D eigenvalue weighted by Crippen LogP contribution is -2.42. The van der Waals surface area contributed by atoms with Crippen LogP contribution in [0.2, 0.25) is 0 Å². The maximum atomic E-state index is 11.5. The van der Waals surface area contributed by atoms with E-state index >= 15 is 0 Å². The number of hydrogen-bond donors (Lipinski definition) is 2. The van der Waals surface area contributed by atoms with Crippen LogP contribution in [0.1, 0.15) is 49.7 Å². The minimum Gasteiger partial charge on any atom is -0.369 e. The number of likely N-dealkylation sites (tertiary alicyclic amines) is 2. The van der Waals surface area contributed by atoms with Crippen molar-refractivity contribution in [3.63, 3.8) is 0 Å². The van der Waals surface area contributed by atoms with E-state index < -0.39 is 0 Å². The summed E-state index contributed by atoms with van der Waals surface area (Å²) in [5.74, 6) is 0.862. The van der Waals surface area contributed by atoms with Gasteiger partial charge in [0.05, 0.1) is 5.92 Å². The molecule has 0 bridgehead atoms. The molecular formula is C23H35N5O. The zero-order chi connectivity index (χ0) is 20.3. The van der Waals surface area contributed by atoms with Crippen LogP contribution in [-0.4, -0.2) is 54.9 Å². The Labute approximate surface area is 174 Å². The van der Waals surface area contributed by atoms with E-state index in [2.05, 4.69) is 44.4 Å². The van der Waals surface area contributed by atoms with Crippen molar-refractivity contribution >= 4 is 11.9 Å². The number of nitrogens with one attached hydrogen (secondary N) is 1. The molecular weight excluding hydrogens is 362 g/mol. The molecule has 3 N–H and O–H groups in total. The van der Waals surface area contributed by atoms with E-state index in [9.17, 15) is 4.79 Å². The van der Waals surface area contributed by atoms with Crippen LogP contribution in [0.25, 0.3) is 0 Å². The molecule has 1 spiro atoms. The highest BCUT2D eigenvalue weighted by molar-refractivity contribution is 5.80. The third-order valence-electron chi connectivity index (χ3n) is 7.12. The van der Waals surface area contributed by atoms with Gasteiger partial charge in [0.15, 0.2) is 5.96 Å². The fraction of sp³-hybridized carbons (Fsp3) is 0.652.